The van der Waals surface area contributed by atoms with Gasteiger partial charge in [0.15, 0.2) is 0 Å². The zero-order valence-corrected chi connectivity index (χ0v) is 12.7. The molecule has 1 amide bonds. The van der Waals surface area contributed by atoms with Gasteiger partial charge in [-0.15, -0.1) is 0 Å². The van der Waals surface area contributed by atoms with Crippen LogP contribution in [0.15, 0.2) is 24.3 Å². The summed E-state index contributed by atoms with van der Waals surface area (Å²) in [5, 5.41) is 0. The zero-order chi connectivity index (χ0) is 14.5. The predicted octanol–water partition coefficient (Wildman–Crippen LogP) is 3.44. The van der Waals surface area contributed by atoms with Crippen LogP contribution < -0.4 is 10.9 Å². The molecule has 2 N–H and O–H groups in total. The number of carbonyl (C=O) groups excluding carboxylic acids is 1. The Kier molecular flexibility index (Phi) is 5.55. The highest BCUT2D eigenvalue weighted by Crippen LogP contribution is 2.29. The molecule has 1 rings (SSSR count). The van der Waals surface area contributed by atoms with Gasteiger partial charge < -0.3 is 0 Å². The maximum Gasteiger partial charge on any atom is 0.265 e. The fourth-order valence-corrected chi connectivity index (χ4v) is 1.99. The number of aryl methyl sites for hydroxylation is 1. The van der Waals surface area contributed by atoms with Crippen LogP contribution in [0.25, 0.3) is 0 Å². The Morgan fingerprint density at radius 2 is 1.74 bits per heavy atom. The summed E-state index contributed by atoms with van der Waals surface area (Å²) in [6.45, 7) is 10.7. The summed E-state index contributed by atoms with van der Waals surface area (Å²) in [4.78, 5) is 12.0. The van der Waals surface area contributed by atoms with Gasteiger partial charge in [0.2, 0.25) is 0 Å². The minimum absolute atomic E-state index is 0.0820. The lowest BCUT2D eigenvalue weighted by atomic mass is 9.78. The van der Waals surface area contributed by atoms with Crippen molar-refractivity contribution in [1.29, 1.82) is 0 Å². The summed E-state index contributed by atoms with van der Waals surface area (Å²) in [5.74, 6) is -0.0820. The Labute approximate surface area is 116 Å². The third-order valence-corrected chi connectivity index (χ3v) is 4.38. The Bertz CT molecular complexity index is 407. The van der Waals surface area contributed by atoms with Gasteiger partial charge in [-0.3, -0.25) is 10.2 Å². The quantitative estimate of drug-likeness (QED) is 0.771. The molecule has 0 saturated carbocycles. The number of carbonyl (C=O) groups is 1. The largest absolute Gasteiger partial charge is 0.287 e. The lowest BCUT2D eigenvalue weighted by molar-refractivity contribution is 0.0898. The molecular weight excluding hydrogens is 236 g/mol. The van der Waals surface area contributed by atoms with Crippen molar-refractivity contribution in [2.24, 2.45) is 5.41 Å². The van der Waals surface area contributed by atoms with Gasteiger partial charge in [0.05, 0.1) is 0 Å². The highest BCUT2D eigenvalue weighted by Gasteiger charge is 2.27. The van der Waals surface area contributed by atoms with Crippen LogP contribution >= 0.6 is 0 Å². The van der Waals surface area contributed by atoms with E-state index < -0.39 is 0 Å². The molecule has 1 aromatic carbocycles. The normalized spacial score (nSPS) is 13.1. The van der Waals surface area contributed by atoms with Gasteiger partial charge >= 0.3 is 0 Å². The molecule has 0 fully saturated rings. The summed E-state index contributed by atoms with van der Waals surface area (Å²) >= 11 is 0. The van der Waals surface area contributed by atoms with Gasteiger partial charge in [0.1, 0.15) is 0 Å². The van der Waals surface area contributed by atoms with Gasteiger partial charge in [-0.25, -0.2) is 5.43 Å². The maximum absolute atomic E-state index is 12.0. The van der Waals surface area contributed by atoms with E-state index in [1.54, 1.807) is 0 Å². The van der Waals surface area contributed by atoms with E-state index in [0.717, 1.165) is 18.4 Å². The average molecular weight is 262 g/mol. The summed E-state index contributed by atoms with van der Waals surface area (Å²) in [6, 6.07) is 7.81. The molecule has 19 heavy (non-hydrogen) atoms. The van der Waals surface area contributed by atoms with Crippen molar-refractivity contribution in [3.05, 3.63) is 35.4 Å². The summed E-state index contributed by atoms with van der Waals surface area (Å²) in [7, 11) is 0. The molecule has 0 aliphatic carbocycles. The van der Waals surface area contributed by atoms with Crippen molar-refractivity contribution in [2.45, 2.75) is 53.5 Å². The monoisotopic (exact) mass is 262 g/mol. The summed E-state index contributed by atoms with van der Waals surface area (Å²) < 4.78 is 0. The third-order valence-electron chi connectivity index (χ3n) is 4.38. The molecule has 0 aliphatic heterocycles. The predicted molar refractivity (Wildman–Crippen MR) is 79.9 cm³/mol. The Balaban J connectivity index is 2.57. The molecule has 0 aromatic heterocycles. The first-order chi connectivity index (χ1) is 8.92. The topological polar surface area (TPSA) is 41.1 Å². The molecular formula is C16H26N2O. The molecule has 3 nitrogen and oxygen atoms in total. The Hall–Kier alpha value is -1.35. The van der Waals surface area contributed by atoms with Crippen LogP contribution in [-0.4, -0.2) is 11.9 Å². The second-order valence-corrected chi connectivity index (χ2v) is 5.55. The highest BCUT2D eigenvalue weighted by molar-refractivity contribution is 5.93. The number of hydrogen-bond donors (Lipinski definition) is 2. The molecule has 0 spiro atoms. The van der Waals surface area contributed by atoms with Crippen LogP contribution in [0.1, 0.15) is 56.5 Å². The molecule has 0 radical (unpaired) electrons. The standard InChI is InChI=1S/C16H26N2O/c1-6-16(5,7-2)13(4)17-18-15(19)14-10-8-12(3)9-11-14/h8-11,13,17H,6-7H2,1-5H3,(H,18,19). The molecule has 1 aromatic rings. The molecule has 106 valence electrons. The molecule has 0 aliphatic rings. The molecule has 1 atom stereocenters. The number of nitrogens with one attached hydrogen (secondary N) is 2. The molecule has 3 heteroatoms. The van der Waals surface area contributed by atoms with E-state index in [1.165, 1.54) is 0 Å². The van der Waals surface area contributed by atoms with Gasteiger partial charge in [-0.05, 0) is 44.2 Å². The SMILES string of the molecule is CCC(C)(CC)C(C)NNC(=O)c1ccc(C)cc1. The number of benzene rings is 1. The van der Waals surface area contributed by atoms with E-state index >= 15 is 0 Å². The van der Waals surface area contributed by atoms with Crippen molar-refractivity contribution in [3.63, 3.8) is 0 Å². The first-order valence-electron chi connectivity index (χ1n) is 7.05. The van der Waals surface area contributed by atoms with Crippen molar-refractivity contribution in [3.8, 4) is 0 Å². The molecule has 0 bridgehead atoms. The van der Waals surface area contributed by atoms with Crippen LogP contribution in [0.4, 0.5) is 0 Å². The lowest BCUT2D eigenvalue weighted by Gasteiger charge is -2.34. The van der Waals surface area contributed by atoms with Crippen LogP contribution in [-0.2, 0) is 0 Å². The number of rotatable bonds is 6. The first-order valence-corrected chi connectivity index (χ1v) is 7.05. The Morgan fingerprint density at radius 1 is 1.21 bits per heavy atom. The van der Waals surface area contributed by atoms with Crippen molar-refractivity contribution >= 4 is 5.91 Å². The zero-order valence-electron chi connectivity index (χ0n) is 12.7. The van der Waals surface area contributed by atoms with Gasteiger partial charge in [0, 0.05) is 11.6 Å². The van der Waals surface area contributed by atoms with Crippen LogP contribution in [0.2, 0.25) is 0 Å². The third kappa shape index (κ3) is 4.06. The van der Waals surface area contributed by atoms with E-state index in [2.05, 4.69) is 38.5 Å². The van der Waals surface area contributed by atoms with E-state index in [1.807, 2.05) is 31.2 Å². The van der Waals surface area contributed by atoms with E-state index in [9.17, 15) is 4.79 Å². The second-order valence-electron chi connectivity index (χ2n) is 5.55. The lowest BCUT2D eigenvalue weighted by Crippen LogP contribution is -2.50. The Morgan fingerprint density at radius 3 is 2.21 bits per heavy atom. The van der Waals surface area contributed by atoms with Crippen molar-refractivity contribution < 1.29 is 4.79 Å². The van der Waals surface area contributed by atoms with E-state index in [-0.39, 0.29) is 17.4 Å². The minimum Gasteiger partial charge on any atom is -0.287 e. The van der Waals surface area contributed by atoms with E-state index in [4.69, 9.17) is 0 Å². The number of amides is 1. The first kappa shape index (κ1) is 15.7. The van der Waals surface area contributed by atoms with Gasteiger partial charge in [0.25, 0.3) is 5.91 Å². The fourth-order valence-electron chi connectivity index (χ4n) is 1.99. The van der Waals surface area contributed by atoms with Crippen LogP contribution in [0.5, 0.6) is 0 Å². The van der Waals surface area contributed by atoms with Gasteiger partial charge in [-0.2, -0.15) is 0 Å². The fraction of sp³-hybridized carbons (Fsp3) is 0.562. The molecule has 1 unspecified atom stereocenters. The second kappa shape index (κ2) is 6.71. The molecule has 0 heterocycles. The highest BCUT2D eigenvalue weighted by atomic mass is 16.2. The molecule has 0 saturated heterocycles. The smallest absolute Gasteiger partial charge is 0.265 e. The number of hydrogen-bond acceptors (Lipinski definition) is 2. The summed E-state index contributed by atoms with van der Waals surface area (Å²) in [6.07, 6.45) is 2.16. The van der Waals surface area contributed by atoms with Crippen molar-refractivity contribution in [1.82, 2.24) is 10.9 Å². The maximum atomic E-state index is 12.0. The number of hydrazine groups is 1. The minimum atomic E-state index is -0.0820. The van der Waals surface area contributed by atoms with Crippen LogP contribution in [0.3, 0.4) is 0 Å². The van der Waals surface area contributed by atoms with Crippen LogP contribution in [0, 0.1) is 12.3 Å². The average Bonchev–Trinajstić information content (AvgIpc) is 2.44. The van der Waals surface area contributed by atoms with Crippen molar-refractivity contribution in [2.75, 3.05) is 0 Å². The summed E-state index contributed by atoms with van der Waals surface area (Å²) in [5.41, 5.74) is 7.97. The van der Waals surface area contributed by atoms with E-state index in [0.29, 0.717) is 5.56 Å². The van der Waals surface area contributed by atoms with Gasteiger partial charge in [-0.1, -0.05) is 38.5 Å².